The molecule has 0 aliphatic carbocycles. The molecular weight excluding hydrogens is 793 g/mol. The summed E-state index contributed by atoms with van der Waals surface area (Å²) in [6.07, 6.45) is 9.04. The molecule has 2 aromatic heterocycles. The molecule has 10 nitrogen and oxygen atoms in total. The monoisotopic (exact) mass is 846 g/mol. The molecule has 314 valence electrons. The topological polar surface area (TPSA) is 151 Å². The Morgan fingerprint density at radius 3 is 1.87 bits per heavy atom. The summed E-state index contributed by atoms with van der Waals surface area (Å²) in [6.45, 7) is 13.9. The van der Waals surface area contributed by atoms with Crippen LogP contribution in [-0.2, 0) is 53.6 Å². The van der Waals surface area contributed by atoms with Gasteiger partial charge in [-0.3, -0.25) is 22.8 Å². The van der Waals surface area contributed by atoms with Crippen LogP contribution in [0.2, 0.25) is 0 Å². The van der Waals surface area contributed by atoms with Gasteiger partial charge in [-0.05, 0) is 143 Å². The van der Waals surface area contributed by atoms with E-state index in [4.69, 9.17) is 4.74 Å². The fourth-order valence-electron chi connectivity index (χ4n) is 7.63. The maximum atomic E-state index is 13.2. The average molecular weight is 847 g/mol. The molecule has 0 spiro atoms. The first kappa shape index (κ1) is 44.1. The Hall–Kier alpha value is -5.46. The molecule has 0 bridgehead atoms. The normalized spacial score (nSPS) is 16.7. The largest absolute Gasteiger partial charge is 0.469 e. The molecular formula is C48H54N4O6S2. The number of aliphatic imine (C=N–C) groups is 1. The molecule has 60 heavy (non-hydrogen) atoms. The van der Waals surface area contributed by atoms with E-state index in [0.29, 0.717) is 53.3 Å². The molecule has 2 aromatic carbocycles. The Bertz CT molecular complexity index is 2660. The van der Waals surface area contributed by atoms with Gasteiger partial charge in [-0.25, -0.2) is 4.99 Å². The predicted octanol–water partition coefficient (Wildman–Crippen LogP) is 6.72. The van der Waals surface area contributed by atoms with E-state index >= 15 is 0 Å². The zero-order valence-corrected chi connectivity index (χ0v) is 37.4. The Balaban J connectivity index is 1.34. The van der Waals surface area contributed by atoms with Gasteiger partial charge in [-0.2, -0.15) is 0 Å². The molecule has 0 fully saturated rings. The molecule has 3 N–H and O–H groups in total. The molecule has 0 saturated heterocycles. The Kier molecular flexibility index (Phi) is 14.2. The van der Waals surface area contributed by atoms with E-state index in [2.05, 4.69) is 40.2 Å². The number of aromatic amines is 2. The minimum Gasteiger partial charge on any atom is -0.469 e. The second kappa shape index (κ2) is 19.3. The number of carbonyl (C=O) groups excluding carboxylic acids is 3. The minimum absolute atomic E-state index is 0.161. The number of rotatable bonds is 16. The van der Waals surface area contributed by atoms with E-state index in [0.717, 1.165) is 89.2 Å². The maximum absolute atomic E-state index is 13.2. The fraction of sp³-hybridized carbons (Fsp3) is 0.333. The lowest BCUT2D eigenvalue weighted by atomic mass is 10.0. The second-order valence-corrected chi connectivity index (χ2v) is 18.6. The van der Waals surface area contributed by atoms with Crippen LogP contribution in [0, 0.1) is 27.7 Å². The first-order valence-corrected chi connectivity index (χ1v) is 23.0. The van der Waals surface area contributed by atoms with Crippen molar-refractivity contribution in [2.75, 3.05) is 18.6 Å². The molecule has 4 heterocycles. The van der Waals surface area contributed by atoms with Crippen LogP contribution in [0.1, 0.15) is 91.2 Å². The number of allylic oxidation sites excluding steroid dienone is 2. The van der Waals surface area contributed by atoms with Crippen LogP contribution < -0.4 is 16.0 Å². The van der Waals surface area contributed by atoms with Crippen LogP contribution in [0.3, 0.4) is 0 Å². The van der Waals surface area contributed by atoms with Gasteiger partial charge in [0.05, 0.1) is 34.4 Å². The predicted molar refractivity (Wildman–Crippen MR) is 241 cm³/mol. The van der Waals surface area contributed by atoms with Crippen molar-refractivity contribution in [1.82, 2.24) is 15.3 Å². The lowest BCUT2D eigenvalue weighted by Crippen LogP contribution is -2.15. The van der Waals surface area contributed by atoms with Gasteiger partial charge in [0.25, 0.3) is 11.8 Å². The SMILES string of the molecule is CCCc1c(C=c2[nH]c(=CC3=NC(=O)C(CCS(=O)c4ccc(C)cc4)=C3C)c(C)c2CCC(=O)OC)[nH]c(/C=C2\NC(=O)C(C)=C2CCS(=O)c2ccc(C)cc2)c1C. The third kappa shape index (κ3) is 9.93. The highest BCUT2D eigenvalue weighted by molar-refractivity contribution is 7.85. The highest BCUT2D eigenvalue weighted by Gasteiger charge is 2.26. The number of carbonyl (C=O) groups is 3. The van der Waals surface area contributed by atoms with Crippen molar-refractivity contribution in [2.24, 2.45) is 4.99 Å². The van der Waals surface area contributed by atoms with Gasteiger partial charge in [0.15, 0.2) is 0 Å². The second-order valence-electron chi connectivity index (χ2n) is 15.5. The van der Waals surface area contributed by atoms with Crippen LogP contribution >= 0.6 is 0 Å². The lowest BCUT2D eigenvalue weighted by Gasteiger charge is -2.08. The molecule has 2 atom stereocenters. The van der Waals surface area contributed by atoms with Crippen molar-refractivity contribution in [3.05, 3.63) is 132 Å². The number of hydrogen-bond donors (Lipinski definition) is 3. The van der Waals surface area contributed by atoms with Crippen molar-refractivity contribution in [3.8, 4) is 0 Å². The standard InChI is InChI=1S/C48H54N4O6S2/c1-9-10-36-30(4)41(26-45-38(33(7)47(54)52-45)21-23-59(56)34-15-11-28(2)12-16-34)50-43(36)27-44-37(19-20-46(53)58-8)31(5)40(49-44)25-42-32(6)39(48(55)51-42)22-24-60(57)35-17-13-29(3)14-18-35/h11-18,25-27,49-50H,9-10,19-24H2,1-8H3,(H,52,54)/b40-25?,44-27?,45-26-. The average Bonchev–Trinajstić information content (AvgIpc) is 3.87. The van der Waals surface area contributed by atoms with E-state index in [1.54, 1.807) is 0 Å². The number of nitrogens with zero attached hydrogens (tertiary/aromatic N) is 1. The van der Waals surface area contributed by atoms with Crippen molar-refractivity contribution in [2.45, 2.75) is 96.8 Å². The Labute approximate surface area is 357 Å². The molecule has 2 amide bonds. The molecule has 4 aromatic rings. The van der Waals surface area contributed by atoms with Crippen molar-refractivity contribution in [1.29, 1.82) is 0 Å². The number of ether oxygens (including phenoxy) is 1. The first-order valence-electron chi connectivity index (χ1n) is 20.3. The van der Waals surface area contributed by atoms with Crippen LogP contribution in [0.4, 0.5) is 0 Å². The Morgan fingerprint density at radius 2 is 1.28 bits per heavy atom. The van der Waals surface area contributed by atoms with Crippen LogP contribution in [0.15, 0.2) is 91.3 Å². The number of H-pyrrole nitrogens is 2. The van der Waals surface area contributed by atoms with Crippen LogP contribution in [-0.4, -0.2) is 60.5 Å². The van der Waals surface area contributed by atoms with Crippen molar-refractivity contribution in [3.63, 3.8) is 0 Å². The molecule has 2 aliphatic rings. The summed E-state index contributed by atoms with van der Waals surface area (Å²) in [5.41, 5.74) is 12.0. The zero-order valence-electron chi connectivity index (χ0n) is 35.7. The molecule has 12 heteroatoms. The quantitative estimate of drug-likeness (QED) is 0.107. The smallest absolute Gasteiger partial charge is 0.305 e. The van der Waals surface area contributed by atoms with Gasteiger partial charge in [0.2, 0.25) is 0 Å². The van der Waals surface area contributed by atoms with Gasteiger partial charge in [0, 0.05) is 66.6 Å². The molecule has 2 unspecified atom stereocenters. The van der Waals surface area contributed by atoms with Crippen LogP contribution in [0.5, 0.6) is 0 Å². The third-order valence-electron chi connectivity index (χ3n) is 11.4. The summed E-state index contributed by atoms with van der Waals surface area (Å²) < 4.78 is 31.2. The van der Waals surface area contributed by atoms with E-state index in [-0.39, 0.29) is 24.2 Å². The highest BCUT2D eigenvalue weighted by Crippen LogP contribution is 2.30. The van der Waals surface area contributed by atoms with Crippen molar-refractivity contribution < 1.29 is 27.5 Å². The van der Waals surface area contributed by atoms with E-state index in [1.807, 2.05) is 95.3 Å². The fourth-order valence-corrected chi connectivity index (χ4v) is 9.76. The summed E-state index contributed by atoms with van der Waals surface area (Å²) >= 11 is 0. The van der Waals surface area contributed by atoms with E-state index in [1.165, 1.54) is 7.11 Å². The number of methoxy groups -OCH3 is 1. The van der Waals surface area contributed by atoms with E-state index in [9.17, 15) is 22.8 Å². The zero-order chi connectivity index (χ0) is 43.2. The number of nitrogens with one attached hydrogen (secondary N) is 3. The summed E-state index contributed by atoms with van der Waals surface area (Å²) in [7, 11) is -1.09. The van der Waals surface area contributed by atoms with Gasteiger partial charge in [-0.15, -0.1) is 0 Å². The van der Waals surface area contributed by atoms with Gasteiger partial charge in [-0.1, -0.05) is 48.7 Å². The van der Waals surface area contributed by atoms with Crippen molar-refractivity contribution >= 4 is 63.3 Å². The van der Waals surface area contributed by atoms with Crippen LogP contribution in [0.25, 0.3) is 18.2 Å². The lowest BCUT2D eigenvalue weighted by molar-refractivity contribution is -0.140. The van der Waals surface area contributed by atoms with Gasteiger partial charge in [0.1, 0.15) is 0 Å². The number of benzene rings is 2. The van der Waals surface area contributed by atoms with Gasteiger partial charge < -0.3 is 20.0 Å². The highest BCUT2D eigenvalue weighted by atomic mass is 32.2. The minimum atomic E-state index is -1.25. The number of aromatic nitrogens is 2. The maximum Gasteiger partial charge on any atom is 0.305 e. The Morgan fingerprint density at radius 1 is 0.683 bits per heavy atom. The molecule has 6 rings (SSSR count). The number of amides is 2. The number of hydrogen-bond acceptors (Lipinski definition) is 6. The molecule has 0 radical (unpaired) electrons. The summed E-state index contributed by atoms with van der Waals surface area (Å²) in [5.74, 6) is -0.0969. The third-order valence-corrected chi connectivity index (χ3v) is 14.1. The first-order chi connectivity index (χ1) is 28.7. The number of aryl methyl sites for hydroxylation is 2. The van der Waals surface area contributed by atoms with E-state index < -0.39 is 21.6 Å². The molecule has 0 saturated carbocycles. The molecule has 2 aliphatic heterocycles. The summed E-state index contributed by atoms with van der Waals surface area (Å²) in [4.78, 5) is 51.6. The number of esters is 1. The summed E-state index contributed by atoms with van der Waals surface area (Å²) in [6, 6.07) is 15.3. The van der Waals surface area contributed by atoms with Gasteiger partial charge >= 0.3 is 5.97 Å². The summed E-state index contributed by atoms with van der Waals surface area (Å²) in [5, 5.41) is 4.62.